The van der Waals surface area contributed by atoms with Gasteiger partial charge in [-0.3, -0.25) is 9.80 Å². The summed E-state index contributed by atoms with van der Waals surface area (Å²) in [7, 11) is 1.69. The smallest absolute Gasteiger partial charge is 0.169 e. The molecule has 0 radical (unpaired) electrons. The fraction of sp³-hybridized carbons (Fsp3) is 0.696. The Balaban J connectivity index is 1.44. The zero-order chi connectivity index (χ0) is 20.9. The minimum Gasteiger partial charge on any atom is -0.497 e. The molecule has 2 fully saturated rings. The molecule has 1 aromatic heterocycles. The predicted octanol–water partition coefficient (Wildman–Crippen LogP) is 3.38. The van der Waals surface area contributed by atoms with Crippen molar-refractivity contribution in [1.29, 1.82) is 0 Å². The van der Waals surface area contributed by atoms with Crippen LogP contribution in [0.1, 0.15) is 63.4 Å². The molecule has 2 aliphatic rings. The lowest BCUT2D eigenvalue weighted by molar-refractivity contribution is 0.0394. The van der Waals surface area contributed by atoms with E-state index < -0.39 is 0 Å². The summed E-state index contributed by atoms with van der Waals surface area (Å²) in [4.78, 5) is 5.33. The molecular weight excluding hydrogens is 376 g/mol. The van der Waals surface area contributed by atoms with Crippen molar-refractivity contribution >= 4 is 0 Å². The Kier molecular flexibility index (Phi) is 7.00. The lowest BCUT2D eigenvalue weighted by Gasteiger charge is -2.43. The van der Waals surface area contributed by atoms with Crippen molar-refractivity contribution in [2.45, 2.75) is 64.6 Å². The third kappa shape index (κ3) is 4.83. The van der Waals surface area contributed by atoms with Crippen molar-refractivity contribution in [3.63, 3.8) is 0 Å². The van der Waals surface area contributed by atoms with Gasteiger partial charge in [-0.1, -0.05) is 45.2 Å². The molecule has 2 heterocycles. The van der Waals surface area contributed by atoms with Crippen LogP contribution in [0.4, 0.5) is 0 Å². The molecule has 0 N–H and O–H groups in total. The Morgan fingerprint density at radius 2 is 1.70 bits per heavy atom. The van der Waals surface area contributed by atoms with E-state index in [1.165, 1.54) is 37.7 Å². The maximum absolute atomic E-state index is 5.27. The Bertz CT molecular complexity index is 775. The van der Waals surface area contributed by atoms with E-state index in [0.29, 0.717) is 12.5 Å². The van der Waals surface area contributed by atoms with Crippen molar-refractivity contribution in [3.8, 4) is 5.75 Å². The number of rotatable bonds is 7. The van der Waals surface area contributed by atoms with Gasteiger partial charge < -0.3 is 4.74 Å². The van der Waals surface area contributed by atoms with Gasteiger partial charge in [0.25, 0.3) is 0 Å². The lowest BCUT2D eigenvalue weighted by atomic mass is 9.93. The SMILES string of the molecule is COc1ccc(Cn2nnnc2[C@H](C(C)C)N2CCN(C3CCCCC3)CC2)cc1. The molecule has 7 nitrogen and oxygen atoms in total. The quantitative estimate of drug-likeness (QED) is 0.695. The van der Waals surface area contributed by atoms with Crippen molar-refractivity contribution in [2.75, 3.05) is 33.3 Å². The first kappa shape index (κ1) is 21.2. The average molecular weight is 413 g/mol. The summed E-state index contributed by atoms with van der Waals surface area (Å²) >= 11 is 0. The van der Waals surface area contributed by atoms with Crippen LogP contribution in [0.3, 0.4) is 0 Å². The Morgan fingerprint density at radius 1 is 1.00 bits per heavy atom. The van der Waals surface area contributed by atoms with Crippen LogP contribution in [0.2, 0.25) is 0 Å². The first-order chi connectivity index (χ1) is 14.7. The van der Waals surface area contributed by atoms with E-state index in [0.717, 1.165) is 43.8 Å². The maximum Gasteiger partial charge on any atom is 0.169 e. The molecule has 1 aliphatic heterocycles. The van der Waals surface area contributed by atoms with Gasteiger partial charge in [0, 0.05) is 32.2 Å². The molecule has 30 heavy (non-hydrogen) atoms. The summed E-state index contributed by atoms with van der Waals surface area (Å²) in [5.41, 5.74) is 1.17. The molecule has 1 saturated heterocycles. The zero-order valence-corrected chi connectivity index (χ0v) is 18.7. The van der Waals surface area contributed by atoms with Crippen molar-refractivity contribution < 1.29 is 4.74 Å². The van der Waals surface area contributed by atoms with Crippen molar-refractivity contribution in [1.82, 2.24) is 30.0 Å². The fourth-order valence-corrected chi connectivity index (χ4v) is 5.15. The van der Waals surface area contributed by atoms with Gasteiger partial charge >= 0.3 is 0 Å². The summed E-state index contributed by atoms with van der Waals surface area (Å²) in [6.45, 7) is 9.75. The number of ether oxygens (including phenoxy) is 1. The van der Waals surface area contributed by atoms with Gasteiger partial charge in [-0.25, -0.2) is 4.68 Å². The number of nitrogens with zero attached hydrogens (tertiary/aromatic N) is 6. The van der Waals surface area contributed by atoms with E-state index in [9.17, 15) is 0 Å². The number of tetrazole rings is 1. The van der Waals surface area contributed by atoms with E-state index in [4.69, 9.17) is 4.74 Å². The third-order valence-electron chi connectivity index (χ3n) is 6.78. The number of hydrogen-bond donors (Lipinski definition) is 0. The van der Waals surface area contributed by atoms with E-state index in [1.54, 1.807) is 7.11 Å². The standard InChI is InChI=1S/C23H36N6O/c1-18(2)22(28-15-13-27(14-16-28)20-7-5-4-6-8-20)23-24-25-26-29(23)17-19-9-11-21(30-3)12-10-19/h9-12,18,20,22H,4-8,13-17H2,1-3H3/t22-/m0/s1. The maximum atomic E-state index is 5.27. The van der Waals surface area contributed by atoms with Gasteiger partial charge in [-0.15, -0.1) is 5.10 Å². The number of hydrogen-bond acceptors (Lipinski definition) is 6. The van der Waals surface area contributed by atoms with Gasteiger partial charge in [0.15, 0.2) is 5.82 Å². The van der Waals surface area contributed by atoms with E-state index in [2.05, 4.69) is 51.3 Å². The van der Waals surface area contributed by atoms with Crippen molar-refractivity contribution in [2.24, 2.45) is 5.92 Å². The summed E-state index contributed by atoms with van der Waals surface area (Å²) in [6.07, 6.45) is 6.99. The molecule has 2 aromatic rings. The molecule has 4 rings (SSSR count). The molecule has 0 unspecified atom stereocenters. The van der Waals surface area contributed by atoms with Crippen LogP contribution in [0.5, 0.6) is 5.75 Å². The van der Waals surface area contributed by atoms with Gasteiger partial charge in [-0.05, 0) is 46.9 Å². The molecule has 164 valence electrons. The van der Waals surface area contributed by atoms with Crippen LogP contribution >= 0.6 is 0 Å². The molecule has 0 amide bonds. The molecule has 0 bridgehead atoms. The second kappa shape index (κ2) is 9.88. The average Bonchev–Trinajstić information content (AvgIpc) is 3.23. The van der Waals surface area contributed by atoms with Crippen LogP contribution in [0.25, 0.3) is 0 Å². The second-order valence-electron chi connectivity index (χ2n) is 9.10. The van der Waals surface area contributed by atoms with E-state index in [-0.39, 0.29) is 6.04 Å². The topological polar surface area (TPSA) is 59.3 Å². The van der Waals surface area contributed by atoms with Crippen molar-refractivity contribution in [3.05, 3.63) is 35.7 Å². The molecule has 1 atom stereocenters. The van der Waals surface area contributed by atoms with Crippen LogP contribution < -0.4 is 4.74 Å². The van der Waals surface area contributed by atoms with Gasteiger partial charge in [-0.2, -0.15) is 0 Å². The molecule has 7 heteroatoms. The summed E-state index contributed by atoms with van der Waals surface area (Å²) in [5, 5.41) is 12.8. The second-order valence-corrected chi connectivity index (χ2v) is 9.10. The minimum absolute atomic E-state index is 0.242. The fourth-order valence-electron chi connectivity index (χ4n) is 5.15. The first-order valence-corrected chi connectivity index (χ1v) is 11.5. The number of piperazine rings is 1. The highest BCUT2D eigenvalue weighted by Crippen LogP contribution is 2.30. The summed E-state index contributed by atoms with van der Waals surface area (Å²) in [6, 6.07) is 9.19. The predicted molar refractivity (Wildman–Crippen MR) is 118 cm³/mol. The van der Waals surface area contributed by atoms with Gasteiger partial charge in [0.2, 0.25) is 0 Å². The highest BCUT2D eigenvalue weighted by molar-refractivity contribution is 5.27. The third-order valence-corrected chi connectivity index (χ3v) is 6.78. The van der Waals surface area contributed by atoms with Crippen LogP contribution in [0, 0.1) is 5.92 Å². The number of methoxy groups -OCH3 is 1. The minimum atomic E-state index is 0.242. The summed E-state index contributed by atoms with van der Waals surface area (Å²) < 4.78 is 7.24. The van der Waals surface area contributed by atoms with Crippen LogP contribution in [0.15, 0.2) is 24.3 Å². The highest BCUT2D eigenvalue weighted by atomic mass is 16.5. The molecule has 1 aromatic carbocycles. The van der Waals surface area contributed by atoms with E-state index in [1.807, 2.05) is 16.8 Å². The number of benzene rings is 1. The largest absolute Gasteiger partial charge is 0.497 e. The molecule has 1 saturated carbocycles. The highest BCUT2D eigenvalue weighted by Gasteiger charge is 2.33. The van der Waals surface area contributed by atoms with Crippen LogP contribution in [-0.4, -0.2) is 69.3 Å². The normalized spacial score (nSPS) is 20.5. The summed E-state index contributed by atoms with van der Waals surface area (Å²) in [5.74, 6) is 2.30. The Morgan fingerprint density at radius 3 is 2.33 bits per heavy atom. The van der Waals surface area contributed by atoms with E-state index >= 15 is 0 Å². The molecule has 1 aliphatic carbocycles. The van der Waals surface area contributed by atoms with Gasteiger partial charge in [0.05, 0.1) is 19.7 Å². The Labute approximate surface area is 180 Å². The first-order valence-electron chi connectivity index (χ1n) is 11.5. The monoisotopic (exact) mass is 412 g/mol. The van der Waals surface area contributed by atoms with Gasteiger partial charge in [0.1, 0.15) is 5.75 Å². The zero-order valence-electron chi connectivity index (χ0n) is 18.7. The van der Waals surface area contributed by atoms with Crippen LogP contribution in [-0.2, 0) is 6.54 Å². The lowest BCUT2D eigenvalue weighted by Crippen LogP contribution is -2.52. The molecular formula is C23H36N6O. The number of aromatic nitrogens is 4. The molecule has 0 spiro atoms. The Hall–Kier alpha value is -1.99.